The fourth-order valence-electron chi connectivity index (χ4n) is 3.35. The van der Waals surface area contributed by atoms with E-state index >= 15 is 0 Å². The first-order valence-corrected chi connectivity index (χ1v) is 6.82. The van der Waals surface area contributed by atoms with Crippen LogP contribution in [0.5, 0.6) is 0 Å². The number of pyridine rings is 1. The number of nitrogens with zero attached hydrogens (tertiary/aromatic N) is 1. The van der Waals surface area contributed by atoms with E-state index in [2.05, 4.69) is 11.9 Å². The van der Waals surface area contributed by atoms with Gasteiger partial charge in [0.2, 0.25) is 0 Å². The Morgan fingerprint density at radius 3 is 2.85 bits per heavy atom. The summed E-state index contributed by atoms with van der Waals surface area (Å²) in [5.74, 6) is -0.802. The third kappa shape index (κ3) is 1.96. The number of hydrogen-bond acceptors (Lipinski definition) is 2. The second kappa shape index (κ2) is 4.54. The minimum Gasteiger partial charge on any atom is -0.478 e. The Kier molecular flexibility index (Phi) is 2.96. The van der Waals surface area contributed by atoms with Crippen LogP contribution in [-0.2, 0) is 6.42 Å². The van der Waals surface area contributed by atoms with Crippen molar-refractivity contribution in [3.05, 3.63) is 40.8 Å². The molecule has 20 heavy (non-hydrogen) atoms. The quantitative estimate of drug-likeness (QED) is 0.860. The smallest absolute Gasteiger partial charge is 0.336 e. The van der Waals surface area contributed by atoms with Crippen molar-refractivity contribution in [1.29, 1.82) is 0 Å². The molecule has 0 radical (unpaired) electrons. The Balaban J connectivity index is 2.40. The van der Waals surface area contributed by atoms with E-state index in [9.17, 15) is 14.3 Å². The molecular formula is C16H16FNO2. The number of fused-ring (bicyclic) bond motifs is 2. The van der Waals surface area contributed by atoms with Crippen molar-refractivity contribution in [2.24, 2.45) is 5.92 Å². The summed E-state index contributed by atoms with van der Waals surface area (Å²) in [6, 6.07) is 4.15. The summed E-state index contributed by atoms with van der Waals surface area (Å²) in [5, 5.41) is 9.96. The summed E-state index contributed by atoms with van der Waals surface area (Å²) in [6.45, 7) is 4.17. The third-order valence-electron chi connectivity index (χ3n) is 4.07. The highest BCUT2D eigenvalue weighted by Crippen LogP contribution is 2.38. The second-order valence-electron chi connectivity index (χ2n) is 5.76. The lowest BCUT2D eigenvalue weighted by Crippen LogP contribution is -2.20. The van der Waals surface area contributed by atoms with Gasteiger partial charge in [-0.05, 0) is 48.4 Å². The average Bonchev–Trinajstić information content (AvgIpc) is 2.36. The molecule has 0 aliphatic heterocycles. The highest BCUT2D eigenvalue weighted by atomic mass is 19.1. The Morgan fingerprint density at radius 1 is 1.40 bits per heavy atom. The third-order valence-corrected chi connectivity index (χ3v) is 4.07. The zero-order valence-corrected chi connectivity index (χ0v) is 11.5. The van der Waals surface area contributed by atoms with Crippen molar-refractivity contribution < 1.29 is 14.3 Å². The number of aromatic nitrogens is 1. The van der Waals surface area contributed by atoms with Crippen LogP contribution in [0.25, 0.3) is 10.9 Å². The van der Waals surface area contributed by atoms with Crippen molar-refractivity contribution >= 4 is 16.9 Å². The maximum atomic E-state index is 13.5. The SMILES string of the molecule is CC1Cc2nc3ccc(F)cc3c(C(=O)O)c2C(C)C1. The zero-order chi connectivity index (χ0) is 14.4. The lowest BCUT2D eigenvalue weighted by atomic mass is 9.78. The van der Waals surface area contributed by atoms with Crippen LogP contribution in [0.2, 0.25) is 0 Å². The fourth-order valence-corrected chi connectivity index (χ4v) is 3.35. The molecule has 1 aromatic carbocycles. The zero-order valence-electron chi connectivity index (χ0n) is 11.5. The number of hydrogen-bond donors (Lipinski definition) is 1. The number of aromatic carboxylic acids is 1. The molecule has 1 aromatic heterocycles. The van der Waals surface area contributed by atoms with Gasteiger partial charge in [0.1, 0.15) is 5.82 Å². The lowest BCUT2D eigenvalue weighted by Gasteiger charge is -2.28. The largest absolute Gasteiger partial charge is 0.478 e. The van der Waals surface area contributed by atoms with Crippen LogP contribution in [0.3, 0.4) is 0 Å². The molecule has 1 aliphatic carbocycles. The minimum absolute atomic E-state index is 0.139. The monoisotopic (exact) mass is 273 g/mol. The molecule has 2 atom stereocenters. The van der Waals surface area contributed by atoms with E-state index in [1.807, 2.05) is 6.92 Å². The summed E-state index contributed by atoms with van der Waals surface area (Å²) < 4.78 is 13.5. The summed E-state index contributed by atoms with van der Waals surface area (Å²) >= 11 is 0. The Hall–Kier alpha value is -1.97. The molecule has 1 heterocycles. The fraction of sp³-hybridized carbons (Fsp3) is 0.375. The molecule has 4 heteroatoms. The van der Waals surface area contributed by atoms with E-state index in [1.54, 1.807) is 6.07 Å². The molecular weight excluding hydrogens is 257 g/mol. The lowest BCUT2D eigenvalue weighted by molar-refractivity contribution is 0.0696. The molecule has 104 valence electrons. The van der Waals surface area contributed by atoms with Crippen LogP contribution >= 0.6 is 0 Å². The van der Waals surface area contributed by atoms with Crippen molar-refractivity contribution in [2.45, 2.75) is 32.6 Å². The standard InChI is InChI=1S/C16H16FNO2/c1-8-5-9(2)14-13(6-8)18-12-4-3-10(17)7-11(12)15(14)16(19)20/h3-4,7-9H,5-6H2,1-2H3,(H,19,20). The first-order valence-electron chi connectivity index (χ1n) is 6.82. The number of carbonyl (C=O) groups is 1. The van der Waals surface area contributed by atoms with E-state index in [0.717, 1.165) is 24.1 Å². The van der Waals surface area contributed by atoms with Crippen LogP contribution in [0.15, 0.2) is 18.2 Å². The first-order chi connectivity index (χ1) is 9.47. The average molecular weight is 273 g/mol. The van der Waals surface area contributed by atoms with Crippen molar-refractivity contribution in [3.63, 3.8) is 0 Å². The van der Waals surface area contributed by atoms with Gasteiger partial charge in [0.15, 0.2) is 0 Å². The van der Waals surface area contributed by atoms with E-state index in [1.165, 1.54) is 12.1 Å². The number of rotatable bonds is 1. The molecule has 0 fully saturated rings. The second-order valence-corrected chi connectivity index (χ2v) is 5.76. The number of halogens is 1. The summed E-state index contributed by atoms with van der Waals surface area (Å²) in [7, 11) is 0. The highest BCUT2D eigenvalue weighted by Gasteiger charge is 2.29. The highest BCUT2D eigenvalue weighted by molar-refractivity contribution is 6.04. The van der Waals surface area contributed by atoms with E-state index < -0.39 is 11.8 Å². The number of benzene rings is 1. The van der Waals surface area contributed by atoms with Gasteiger partial charge >= 0.3 is 5.97 Å². The first kappa shape index (κ1) is 13.0. The maximum Gasteiger partial charge on any atom is 0.336 e. The molecule has 0 amide bonds. The van der Waals surface area contributed by atoms with Gasteiger partial charge in [-0.25, -0.2) is 9.18 Å². The predicted octanol–water partition coefficient (Wildman–Crippen LogP) is 3.76. The molecule has 2 unspecified atom stereocenters. The number of carboxylic acids is 1. The molecule has 0 spiro atoms. The predicted molar refractivity (Wildman–Crippen MR) is 74.6 cm³/mol. The molecule has 0 bridgehead atoms. The van der Waals surface area contributed by atoms with Gasteiger partial charge in [-0.15, -0.1) is 0 Å². The normalized spacial score (nSPS) is 21.8. The Labute approximate surface area is 116 Å². The van der Waals surface area contributed by atoms with E-state index in [4.69, 9.17) is 0 Å². The molecule has 1 N–H and O–H groups in total. The van der Waals surface area contributed by atoms with Crippen LogP contribution in [0.4, 0.5) is 4.39 Å². The number of carboxylic acid groups (broad SMARTS) is 1. The summed E-state index contributed by atoms with van der Waals surface area (Å²) in [6.07, 6.45) is 1.73. The maximum absolute atomic E-state index is 13.5. The van der Waals surface area contributed by atoms with Gasteiger partial charge in [-0.3, -0.25) is 4.98 Å². The topological polar surface area (TPSA) is 50.2 Å². The van der Waals surface area contributed by atoms with Crippen LogP contribution < -0.4 is 0 Å². The molecule has 0 saturated carbocycles. The van der Waals surface area contributed by atoms with Gasteiger partial charge in [-0.1, -0.05) is 13.8 Å². The minimum atomic E-state index is -0.999. The van der Waals surface area contributed by atoms with Gasteiger partial charge in [0, 0.05) is 11.1 Å². The van der Waals surface area contributed by atoms with Crippen LogP contribution in [0.1, 0.15) is 47.8 Å². The van der Waals surface area contributed by atoms with Crippen molar-refractivity contribution in [1.82, 2.24) is 4.98 Å². The summed E-state index contributed by atoms with van der Waals surface area (Å²) in [5.41, 5.74) is 2.43. The van der Waals surface area contributed by atoms with Crippen molar-refractivity contribution in [2.75, 3.05) is 0 Å². The van der Waals surface area contributed by atoms with E-state index in [-0.39, 0.29) is 11.5 Å². The van der Waals surface area contributed by atoms with E-state index in [0.29, 0.717) is 16.8 Å². The molecule has 0 saturated heterocycles. The Morgan fingerprint density at radius 2 is 2.15 bits per heavy atom. The van der Waals surface area contributed by atoms with Crippen LogP contribution in [-0.4, -0.2) is 16.1 Å². The summed E-state index contributed by atoms with van der Waals surface area (Å²) in [4.78, 5) is 16.2. The van der Waals surface area contributed by atoms with Gasteiger partial charge in [0.05, 0.1) is 11.1 Å². The molecule has 3 rings (SSSR count). The van der Waals surface area contributed by atoms with Crippen molar-refractivity contribution in [3.8, 4) is 0 Å². The van der Waals surface area contributed by atoms with Crippen LogP contribution in [0, 0.1) is 11.7 Å². The molecule has 1 aliphatic rings. The molecule has 2 aromatic rings. The van der Waals surface area contributed by atoms with Gasteiger partial charge in [0.25, 0.3) is 0 Å². The van der Waals surface area contributed by atoms with Gasteiger partial charge < -0.3 is 5.11 Å². The molecule has 3 nitrogen and oxygen atoms in total. The Bertz CT molecular complexity index is 711. The van der Waals surface area contributed by atoms with Gasteiger partial charge in [-0.2, -0.15) is 0 Å².